The fourth-order valence-electron chi connectivity index (χ4n) is 2.33. The van der Waals surface area contributed by atoms with Crippen LogP contribution in [0.4, 0.5) is 5.69 Å². The molecule has 0 unspecified atom stereocenters. The predicted molar refractivity (Wildman–Crippen MR) is 90.0 cm³/mol. The molecule has 0 radical (unpaired) electrons. The van der Waals surface area contributed by atoms with E-state index in [0.717, 1.165) is 6.07 Å². The molecule has 24 heavy (non-hydrogen) atoms. The molecular formula is C18H15NO5. The Morgan fingerprint density at radius 1 is 1.04 bits per heavy atom. The van der Waals surface area contributed by atoms with Gasteiger partial charge in [0.05, 0.1) is 14.2 Å². The van der Waals surface area contributed by atoms with Gasteiger partial charge in [0.2, 0.25) is 0 Å². The zero-order valence-corrected chi connectivity index (χ0v) is 13.2. The van der Waals surface area contributed by atoms with Crippen molar-refractivity contribution in [2.75, 3.05) is 19.5 Å². The minimum absolute atomic E-state index is 0.0726. The number of ether oxygens (including phenoxy) is 2. The number of carbonyl (C=O) groups is 1. The molecule has 2 aromatic carbocycles. The molecule has 0 bridgehead atoms. The summed E-state index contributed by atoms with van der Waals surface area (Å²) in [5.41, 5.74) is 0.518. The highest BCUT2D eigenvalue weighted by Gasteiger charge is 2.15. The summed E-state index contributed by atoms with van der Waals surface area (Å²) in [6, 6.07) is 12.9. The Bertz CT molecular complexity index is 944. The third kappa shape index (κ3) is 2.94. The average molecular weight is 325 g/mol. The highest BCUT2D eigenvalue weighted by Crippen LogP contribution is 2.23. The van der Waals surface area contributed by atoms with E-state index in [9.17, 15) is 9.59 Å². The molecule has 0 fully saturated rings. The van der Waals surface area contributed by atoms with Crippen molar-refractivity contribution in [1.29, 1.82) is 0 Å². The van der Waals surface area contributed by atoms with Crippen LogP contribution in [0, 0.1) is 0 Å². The standard InChI is InChI=1S/C18H15NO5/c1-22-12-8-6-11(7-9-12)19-18(21)16-10-13(20)17-14(23-2)4-3-5-15(17)24-16/h3-10H,1-2H3,(H,19,21). The number of nitrogens with one attached hydrogen (secondary N) is 1. The Labute approximate surface area is 137 Å². The van der Waals surface area contributed by atoms with Crippen LogP contribution in [0.3, 0.4) is 0 Å². The number of anilines is 1. The van der Waals surface area contributed by atoms with E-state index in [0.29, 0.717) is 28.2 Å². The second kappa shape index (κ2) is 6.45. The maximum Gasteiger partial charge on any atom is 0.291 e. The van der Waals surface area contributed by atoms with Crippen molar-refractivity contribution < 1.29 is 18.7 Å². The first kappa shape index (κ1) is 15.6. The van der Waals surface area contributed by atoms with E-state index in [1.807, 2.05) is 0 Å². The quantitative estimate of drug-likeness (QED) is 0.797. The van der Waals surface area contributed by atoms with Crippen LogP contribution >= 0.6 is 0 Å². The van der Waals surface area contributed by atoms with Crippen LogP contribution < -0.4 is 20.2 Å². The topological polar surface area (TPSA) is 77.8 Å². The van der Waals surface area contributed by atoms with Crippen LogP contribution in [0.25, 0.3) is 11.0 Å². The van der Waals surface area contributed by atoms with Crippen molar-refractivity contribution >= 4 is 22.6 Å². The fourth-order valence-corrected chi connectivity index (χ4v) is 2.33. The average Bonchev–Trinajstić information content (AvgIpc) is 2.61. The maximum absolute atomic E-state index is 12.3. The zero-order valence-electron chi connectivity index (χ0n) is 13.2. The van der Waals surface area contributed by atoms with E-state index >= 15 is 0 Å². The summed E-state index contributed by atoms with van der Waals surface area (Å²) in [6.07, 6.45) is 0. The molecule has 3 rings (SSSR count). The van der Waals surface area contributed by atoms with Gasteiger partial charge in [0.25, 0.3) is 5.91 Å². The van der Waals surface area contributed by atoms with Crippen molar-refractivity contribution in [2.24, 2.45) is 0 Å². The van der Waals surface area contributed by atoms with Crippen LogP contribution in [0.15, 0.2) is 57.7 Å². The minimum atomic E-state index is -0.512. The van der Waals surface area contributed by atoms with Crippen molar-refractivity contribution in [3.8, 4) is 11.5 Å². The molecule has 1 amide bonds. The van der Waals surface area contributed by atoms with Gasteiger partial charge in [0.1, 0.15) is 22.5 Å². The molecule has 0 saturated carbocycles. The van der Waals surface area contributed by atoms with Gasteiger partial charge in [-0.25, -0.2) is 0 Å². The summed E-state index contributed by atoms with van der Waals surface area (Å²) in [5, 5.41) is 2.98. The first-order valence-electron chi connectivity index (χ1n) is 7.18. The zero-order chi connectivity index (χ0) is 17.1. The number of fused-ring (bicyclic) bond motifs is 1. The molecule has 6 nitrogen and oxygen atoms in total. The van der Waals surface area contributed by atoms with Crippen molar-refractivity contribution in [1.82, 2.24) is 0 Å². The summed E-state index contributed by atoms with van der Waals surface area (Å²) in [4.78, 5) is 24.6. The molecule has 0 aliphatic carbocycles. The van der Waals surface area contributed by atoms with E-state index < -0.39 is 5.91 Å². The van der Waals surface area contributed by atoms with Gasteiger partial charge in [-0.3, -0.25) is 9.59 Å². The summed E-state index contributed by atoms with van der Waals surface area (Å²) in [6.45, 7) is 0. The number of rotatable bonds is 4. The van der Waals surface area contributed by atoms with Gasteiger partial charge >= 0.3 is 0 Å². The second-order valence-electron chi connectivity index (χ2n) is 4.99. The number of hydrogen-bond donors (Lipinski definition) is 1. The first-order valence-corrected chi connectivity index (χ1v) is 7.18. The smallest absolute Gasteiger partial charge is 0.291 e. The van der Waals surface area contributed by atoms with Gasteiger partial charge in [-0.05, 0) is 36.4 Å². The van der Waals surface area contributed by atoms with E-state index in [1.54, 1.807) is 49.6 Å². The number of amides is 1. The molecule has 0 aliphatic heterocycles. The van der Waals surface area contributed by atoms with Crippen LogP contribution in [-0.4, -0.2) is 20.1 Å². The normalized spacial score (nSPS) is 10.4. The molecule has 0 saturated heterocycles. The van der Waals surface area contributed by atoms with Crippen LogP contribution in [0.2, 0.25) is 0 Å². The van der Waals surface area contributed by atoms with Gasteiger partial charge in [0, 0.05) is 11.8 Å². The predicted octanol–water partition coefficient (Wildman–Crippen LogP) is 3.06. The largest absolute Gasteiger partial charge is 0.497 e. The Morgan fingerprint density at radius 2 is 1.79 bits per heavy atom. The van der Waals surface area contributed by atoms with E-state index in [1.165, 1.54) is 7.11 Å². The number of benzene rings is 2. The lowest BCUT2D eigenvalue weighted by molar-refractivity contribution is 0.0997. The van der Waals surface area contributed by atoms with Gasteiger partial charge in [-0.2, -0.15) is 0 Å². The molecular weight excluding hydrogens is 310 g/mol. The van der Waals surface area contributed by atoms with Gasteiger partial charge < -0.3 is 19.2 Å². The first-order chi connectivity index (χ1) is 11.6. The summed E-state index contributed by atoms with van der Waals surface area (Å²) < 4.78 is 15.8. The Hall–Kier alpha value is -3.28. The van der Waals surface area contributed by atoms with Crippen molar-refractivity contribution in [3.05, 3.63) is 64.5 Å². The third-order valence-electron chi connectivity index (χ3n) is 3.51. The lowest BCUT2D eigenvalue weighted by atomic mass is 10.2. The molecule has 0 atom stereocenters. The third-order valence-corrected chi connectivity index (χ3v) is 3.51. The van der Waals surface area contributed by atoms with Gasteiger partial charge in [-0.15, -0.1) is 0 Å². The Morgan fingerprint density at radius 3 is 2.46 bits per heavy atom. The number of hydrogen-bond acceptors (Lipinski definition) is 5. The summed E-state index contributed by atoms with van der Waals surface area (Å²) >= 11 is 0. The molecule has 122 valence electrons. The van der Waals surface area contributed by atoms with Gasteiger partial charge in [0.15, 0.2) is 11.2 Å². The van der Waals surface area contributed by atoms with Gasteiger partial charge in [-0.1, -0.05) is 6.07 Å². The Kier molecular flexibility index (Phi) is 4.20. The molecule has 1 aromatic heterocycles. The second-order valence-corrected chi connectivity index (χ2v) is 4.99. The molecule has 0 spiro atoms. The van der Waals surface area contributed by atoms with Crippen LogP contribution in [0.5, 0.6) is 11.5 Å². The minimum Gasteiger partial charge on any atom is -0.497 e. The van der Waals surface area contributed by atoms with E-state index in [4.69, 9.17) is 13.9 Å². The SMILES string of the molecule is COc1ccc(NC(=O)c2cc(=O)c3c(OC)cccc3o2)cc1. The van der Waals surface area contributed by atoms with Crippen molar-refractivity contribution in [3.63, 3.8) is 0 Å². The highest BCUT2D eigenvalue weighted by molar-refractivity contribution is 6.03. The lowest BCUT2D eigenvalue weighted by Gasteiger charge is -2.08. The van der Waals surface area contributed by atoms with E-state index in [-0.39, 0.29) is 11.2 Å². The van der Waals surface area contributed by atoms with Crippen LogP contribution in [-0.2, 0) is 0 Å². The molecule has 1 heterocycles. The van der Waals surface area contributed by atoms with E-state index in [2.05, 4.69) is 5.32 Å². The molecule has 1 N–H and O–H groups in total. The fraction of sp³-hybridized carbons (Fsp3) is 0.111. The molecule has 0 aliphatic rings. The number of methoxy groups -OCH3 is 2. The lowest BCUT2D eigenvalue weighted by Crippen LogP contribution is -2.15. The summed E-state index contributed by atoms with van der Waals surface area (Å²) in [5.74, 6) is 0.499. The van der Waals surface area contributed by atoms with Crippen LogP contribution in [0.1, 0.15) is 10.6 Å². The maximum atomic E-state index is 12.3. The molecule has 6 heteroatoms. The monoisotopic (exact) mass is 325 g/mol. The molecule has 3 aromatic rings. The Balaban J connectivity index is 1.93. The number of carbonyl (C=O) groups excluding carboxylic acids is 1. The van der Waals surface area contributed by atoms with Crippen molar-refractivity contribution in [2.45, 2.75) is 0 Å². The summed E-state index contributed by atoms with van der Waals surface area (Å²) in [7, 11) is 3.03. The highest BCUT2D eigenvalue weighted by atomic mass is 16.5.